The highest BCUT2D eigenvalue weighted by molar-refractivity contribution is 6.17. The van der Waals surface area contributed by atoms with Crippen LogP contribution >= 0.6 is 0 Å². The van der Waals surface area contributed by atoms with Crippen molar-refractivity contribution in [3.8, 4) is 56.4 Å². The van der Waals surface area contributed by atoms with Crippen molar-refractivity contribution in [2.75, 3.05) is 0 Å². The molecular weight excluding hydrogens is 1330 g/mol. The van der Waals surface area contributed by atoms with E-state index in [9.17, 15) is 0 Å². The van der Waals surface area contributed by atoms with Gasteiger partial charge in [-0.25, -0.2) is 0 Å². The molecule has 18 aromatic carbocycles. The van der Waals surface area contributed by atoms with Crippen molar-refractivity contribution in [1.29, 1.82) is 0 Å². The molecule has 24 rings (SSSR count). The Labute approximate surface area is 632 Å². The van der Waals surface area contributed by atoms with Gasteiger partial charge in [-0.2, -0.15) is 0 Å². The van der Waals surface area contributed by atoms with Gasteiger partial charge in [0, 0.05) is 98.5 Å². The van der Waals surface area contributed by atoms with Gasteiger partial charge in [-0.3, -0.25) is 0 Å². The Morgan fingerprint density at radius 1 is 0.118 bits per heavy atom. The third-order valence-corrected chi connectivity index (χ3v) is 23.2. The van der Waals surface area contributed by atoms with Crippen molar-refractivity contribution in [3.63, 3.8) is 0 Å². The Morgan fingerprint density at radius 3 is 0.700 bits per heavy atom. The fourth-order valence-corrected chi connectivity index (χ4v) is 18.4. The maximum Gasteiger partial charge on any atom is 0.0541 e. The van der Waals surface area contributed by atoms with Crippen LogP contribution in [0.1, 0.15) is 0 Å². The molecule has 0 fully saturated rings. The van der Waals surface area contributed by atoms with Gasteiger partial charge in [0.25, 0.3) is 0 Å². The second-order valence-corrected chi connectivity index (χ2v) is 29.1. The Bertz CT molecular complexity index is 7820. The minimum Gasteiger partial charge on any atom is -0.309 e. The number of nitrogens with zero attached hydrogens (tertiary/aromatic N) is 6. The van der Waals surface area contributed by atoms with Gasteiger partial charge >= 0.3 is 0 Å². The highest BCUT2D eigenvalue weighted by Crippen LogP contribution is 2.44. The molecule has 0 aliphatic carbocycles. The minimum atomic E-state index is 1.14. The molecule has 24 aromatic rings. The normalized spacial score (nSPS) is 12.0. The van der Waals surface area contributed by atoms with Gasteiger partial charge in [-0.05, 0) is 190 Å². The van der Waals surface area contributed by atoms with Gasteiger partial charge in [-0.1, -0.05) is 249 Å². The topological polar surface area (TPSA) is 29.6 Å². The molecule has 6 heterocycles. The maximum atomic E-state index is 2.43. The fraction of sp³-hybridized carbons (Fsp3) is 0. The molecule has 0 amide bonds. The van der Waals surface area contributed by atoms with E-state index in [0.29, 0.717) is 0 Å². The first kappa shape index (κ1) is 61.6. The van der Waals surface area contributed by atoms with Crippen molar-refractivity contribution in [2.45, 2.75) is 0 Å². The maximum absolute atomic E-state index is 2.43. The van der Waals surface area contributed by atoms with Crippen LogP contribution in [0.25, 0.3) is 209 Å². The average Bonchev–Trinajstić information content (AvgIpc) is 1.59. The molecule has 6 aromatic heterocycles. The molecule has 0 radical (unpaired) electrons. The number of benzene rings is 18. The van der Waals surface area contributed by atoms with Crippen LogP contribution < -0.4 is 0 Å². The zero-order valence-electron chi connectivity index (χ0n) is 59.8. The number of fused-ring (bicyclic) bond motifs is 20. The first-order valence-electron chi connectivity index (χ1n) is 37.9. The lowest BCUT2D eigenvalue weighted by atomic mass is 10.0. The molecule has 6 nitrogen and oxygen atoms in total. The van der Waals surface area contributed by atoms with E-state index in [4.69, 9.17) is 0 Å². The molecule has 0 bridgehead atoms. The average molecular weight is 1400 g/mol. The zero-order chi connectivity index (χ0) is 72.1. The summed E-state index contributed by atoms with van der Waals surface area (Å²) < 4.78 is 14.5. The lowest BCUT2D eigenvalue weighted by Crippen LogP contribution is -1.98. The van der Waals surface area contributed by atoms with Crippen LogP contribution in [-0.4, -0.2) is 27.4 Å². The first-order chi connectivity index (χ1) is 54.6. The van der Waals surface area contributed by atoms with E-state index in [1.807, 2.05) is 0 Å². The van der Waals surface area contributed by atoms with Crippen molar-refractivity contribution in [1.82, 2.24) is 27.4 Å². The third-order valence-electron chi connectivity index (χ3n) is 23.2. The molecule has 110 heavy (non-hydrogen) atoms. The highest BCUT2D eigenvalue weighted by Gasteiger charge is 2.22. The summed E-state index contributed by atoms with van der Waals surface area (Å²) in [7, 11) is 0. The number of hydrogen-bond acceptors (Lipinski definition) is 0. The largest absolute Gasteiger partial charge is 0.309 e. The Morgan fingerprint density at radius 2 is 0.355 bits per heavy atom. The minimum absolute atomic E-state index is 1.14. The summed E-state index contributed by atoms with van der Waals surface area (Å²) in [6.45, 7) is 0. The molecule has 0 unspecified atom stereocenters. The molecule has 0 spiro atoms. The number of aromatic nitrogens is 6. The molecule has 0 aliphatic rings. The molecule has 512 valence electrons. The molecular formula is C104H66N6. The Kier molecular flexibility index (Phi) is 13.7. The van der Waals surface area contributed by atoms with E-state index < -0.39 is 0 Å². The molecule has 0 saturated carbocycles. The van der Waals surface area contributed by atoms with Gasteiger partial charge in [0.15, 0.2) is 0 Å². The van der Waals surface area contributed by atoms with Crippen LogP contribution in [-0.2, 0) is 0 Å². The second-order valence-electron chi connectivity index (χ2n) is 29.1. The van der Waals surface area contributed by atoms with Gasteiger partial charge in [-0.15, -0.1) is 0 Å². The van der Waals surface area contributed by atoms with Gasteiger partial charge in [0.2, 0.25) is 0 Å². The number of rotatable bonds is 8. The standard InChI is InChI=1S/2C52H33N3/c1-2-17-39-34(13-1)14-11-26-46(39)55-50-25-10-6-21-43(50)45-32-36(28-30-52(45)55)35-27-29-51-44(31-35)42-20-5-9-24-49(42)54(51)38-16-12-15-37(33-38)53-47-22-7-3-18-40(47)41-19-4-8-23-48(41)53;1-2-13-35-30-40(27-24-34(35)12-1)55-50-23-10-6-19-44(50)46-32-37(26-29-52(46)55)36-25-28-51-45(31-36)43-18-5-9-22-49(43)54(51)39-15-11-14-38(33-39)53-47-20-7-3-16-41(47)42-17-4-8-21-48(42)53/h2*1-33H. The van der Waals surface area contributed by atoms with Crippen molar-refractivity contribution in [2.24, 2.45) is 0 Å². The summed E-state index contributed by atoms with van der Waals surface area (Å²) in [6, 6.07) is 147. The molecule has 0 atom stereocenters. The predicted molar refractivity (Wildman–Crippen MR) is 465 cm³/mol. The molecule has 6 heteroatoms. The van der Waals surface area contributed by atoms with Crippen LogP contribution in [0.5, 0.6) is 0 Å². The van der Waals surface area contributed by atoms with E-state index >= 15 is 0 Å². The van der Waals surface area contributed by atoms with Crippen molar-refractivity contribution in [3.05, 3.63) is 400 Å². The summed E-state index contributed by atoms with van der Waals surface area (Å²) >= 11 is 0. The van der Waals surface area contributed by atoms with E-state index in [1.54, 1.807) is 0 Å². The van der Waals surface area contributed by atoms with E-state index in [0.717, 1.165) is 22.7 Å². The van der Waals surface area contributed by atoms with Crippen LogP contribution in [0.2, 0.25) is 0 Å². The van der Waals surface area contributed by atoms with Crippen molar-refractivity contribution >= 4 is 152 Å². The second kappa shape index (κ2) is 24.4. The first-order valence-corrected chi connectivity index (χ1v) is 37.9. The van der Waals surface area contributed by atoms with E-state index in [2.05, 4.69) is 428 Å². The summed E-state index contributed by atoms with van der Waals surface area (Å²) in [6.07, 6.45) is 0. The van der Waals surface area contributed by atoms with Gasteiger partial charge in [0.05, 0.1) is 71.9 Å². The summed E-state index contributed by atoms with van der Waals surface area (Å²) in [5.74, 6) is 0. The van der Waals surface area contributed by atoms with Gasteiger partial charge < -0.3 is 27.4 Å². The number of para-hydroxylation sites is 8. The highest BCUT2D eigenvalue weighted by atomic mass is 15.0. The van der Waals surface area contributed by atoms with Crippen LogP contribution in [0, 0.1) is 0 Å². The van der Waals surface area contributed by atoms with Crippen LogP contribution in [0.4, 0.5) is 0 Å². The van der Waals surface area contributed by atoms with Crippen LogP contribution in [0.3, 0.4) is 0 Å². The zero-order valence-corrected chi connectivity index (χ0v) is 59.8. The fourth-order valence-electron chi connectivity index (χ4n) is 18.4. The monoisotopic (exact) mass is 1400 g/mol. The lowest BCUT2D eigenvalue weighted by Gasteiger charge is -2.13. The lowest BCUT2D eigenvalue weighted by molar-refractivity contribution is 1.13. The predicted octanol–water partition coefficient (Wildman–Crippen LogP) is 27.6. The summed E-state index contributed by atoms with van der Waals surface area (Å²) in [4.78, 5) is 0. The summed E-state index contributed by atoms with van der Waals surface area (Å²) in [5.41, 5.74) is 26.3. The third kappa shape index (κ3) is 9.43. The SMILES string of the molecule is c1cc(-n2c3ccccc3c3ccccc32)cc(-n2c3ccccc3c3cc(-c4ccc5c(c4)c4ccccc4n5-c4ccc5ccccc5c4)ccc32)c1.c1cc(-n2c3ccccc3c3ccccc32)cc(-n2c3ccccc3c3cc(-c4ccc5c(c4)c4ccccc4n5-c4cccc5ccccc45)ccc32)c1. The van der Waals surface area contributed by atoms with E-state index in [-0.39, 0.29) is 0 Å². The smallest absolute Gasteiger partial charge is 0.0541 e. The van der Waals surface area contributed by atoms with Crippen LogP contribution in [0.15, 0.2) is 400 Å². The van der Waals surface area contributed by atoms with Crippen molar-refractivity contribution < 1.29 is 0 Å². The Balaban J connectivity index is 0.000000132. The van der Waals surface area contributed by atoms with Gasteiger partial charge in [0.1, 0.15) is 0 Å². The molecule has 0 saturated heterocycles. The quantitative estimate of drug-likeness (QED) is 0.145. The van der Waals surface area contributed by atoms with E-state index in [1.165, 1.54) is 186 Å². The number of hydrogen-bond donors (Lipinski definition) is 0. The molecule has 0 aliphatic heterocycles. The summed E-state index contributed by atoms with van der Waals surface area (Å²) in [5, 5.41) is 20.1. The Hall–Kier alpha value is -14.7. The molecule has 0 N–H and O–H groups in total.